The molecule has 0 radical (unpaired) electrons. The van der Waals surface area contributed by atoms with Crippen molar-refractivity contribution in [2.75, 3.05) is 11.9 Å². The summed E-state index contributed by atoms with van der Waals surface area (Å²) >= 11 is 0. The normalized spacial score (nSPS) is 25.0. The van der Waals surface area contributed by atoms with Crippen molar-refractivity contribution >= 4 is 11.6 Å². The Morgan fingerprint density at radius 3 is 2.55 bits per heavy atom. The lowest BCUT2D eigenvalue weighted by Gasteiger charge is -2.36. The van der Waals surface area contributed by atoms with E-state index >= 15 is 0 Å². The van der Waals surface area contributed by atoms with Crippen molar-refractivity contribution in [1.29, 1.82) is 0 Å². The van der Waals surface area contributed by atoms with Gasteiger partial charge in [-0.1, -0.05) is 27.2 Å². The van der Waals surface area contributed by atoms with Crippen molar-refractivity contribution in [3.63, 3.8) is 0 Å². The van der Waals surface area contributed by atoms with E-state index in [0.717, 1.165) is 17.9 Å². The lowest BCUT2D eigenvalue weighted by molar-refractivity contribution is -0.123. The Morgan fingerprint density at radius 1 is 1.27 bits per heavy atom. The van der Waals surface area contributed by atoms with Gasteiger partial charge in [-0.05, 0) is 61.8 Å². The monoisotopic (exact) mass is 303 g/mol. The Bertz CT molecular complexity index is 481. The molecule has 0 heterocycles. The van der Waals surface area contributed by atoms with E-state index in [1.165, 1.54) is 12.8 Å². The SMILES string of the molecule is CCOc1ccc(NC(=O)[C@@H]2C[C@H](C)CC[C@H]2C(C)C)cc1. The third-order valence-electron chi connectivity index (χ3n) is 4.79. The van der Waals surface area contributed by atoms with E-state index in [1.807, 2.05) is 31.2 Å². The van der Waals surface area contributed by atoms with Gasteiger partial charge in [-0.2, -0.15) is 0 Å². The summed E-state index contributed by atoms with van der Waals surface area (Å²) in [6.07, 6.45) is 3.42. The first-order valence-corrected chi connectivity index (χ1v) is 8.55. The van der Waals surface area contributed by atoms with Gasteiger partial charge in [0.25, 0.3) is 0 Å². The summed E-state index contributed by atoms with van der Waals surface area (Å²) in [5.74, 6) is 2.85. The molecule has 2 rings (SSSR count). The van der Waals surface area contributed by atoms with Crippen LogP contribution >= 0.6 is 0 Å². The van der Waals surface area contributed by atoms with Gasteiger partial charge in [0, 0.05) is 11.6 Å². The highest BCUT2D eigenvalue weighted by Gasteiger charge is 2.35. The lowest BCUT2D eigenvalue weighted by atomic mass is 9.70. The van der Waals surface area contributed by atoms with E-state index in [2.05, 4.69) is 26.1 Å². The molecule has 1 saturated carbocycles. The number of rotatable bonds is 5. The molecule has 0 bridgehead atoms. The highest BCUT2D eigenvalue weighted by atomic mass is 16.5. The molecule has 0 spiro atoms. The summed E-state index contributed by atoms with van der Waals surface area (Å²) in [6.45, 7) is 9.34. The molecule has 122 valence electrons. The quantitative estimate of drug-likeness (QED) is 0.853. The van der Waals surface area contributed by atoms with Gasteiger partial charge < -0.3 is 10.1 Å². The molecule has 1 aliphatic rings. The van der Waals surface area contributed by atoms with E-state index in [-0.39, 0.29) is 11.8 Å². The van der Waals surface area contributed by atoms with Crippen LogP contribution in [0.5, 0.6) is 5.75 Å². The third-order valence-corrected chi connectivity index (χ3v) is 4.79. The fourth-order valence-corrected chi connectivity index (χ4v) is 3.54. The largest absolute Gasteiger partial charge is 0.494 e. The van der Waals surface area contributed by atoms with Gasteiger partial charge in [0.05, 0.1) is 6.61 Å². The Kier molecular flexibility index (Phi) is 5.87. The summed E-state index contributed by atoms with van der Waals surface area (Å²) < 4.78 is 5.43. The Labute approximate surface area is 134 Å². The van der Waals surface area contributed by atoms with Gasteiger partial charge in [0.2, 0.25) is 5.91 Å². The number of hydrogen-bond acceptors (Lipinski definition) is 2. The highest BCUT2D eigenvalue weighted by Crippen LogP contribution is 2.38. The molecular weight excluding hydrogens is 274 g/mol. The molecule has 1 amide bonds. The van der Waals surface area contributed by atoms with Crippen LogP contribution in [0.15, 0.2) is 24.3 Å². The molecule has 1 N–H and O–H groups in total. The van der Waals surface area contributed by atoms with Gasteiger partial charge in [0.15, 0.2) is 0 Å². The van der Waals surface area contributed by atoms with Crippen LogP contribution in [0.4, 0.5) is 5.69 Å². The Hall–Kier alpha value is -1.51. The molecule has 22 heavy (non-hydrogen) atoms. The summed E-state index contributed by atoms with van der Waals surface area (Å²) in [7, 11) is 0. The van der Waals surface area contributed by atoms with Crippen LogP contribution in [0.3, 0.4) is 0 Å². The van der Waals surface area contributed by atoms with Crippen molar-refractivity contribution < 1.29 is 9.53 Å². The summed E-state index contributed by atoms with van der Waals surface area (Å²) in [5.41, 5.74) is 0.856. The molecule has 1 aromatic rings. The summed E-state index contributed by atoms with van der Waals surface area (Å²) in [5, 5.41) is 3.09. The molecule has 0 saturated heterocycles. The second-order valence-electron chi connectivity index (χ2n) is 6.88. The average molecular weight is 303 g/mol. The number of amides is 1. The van der Waals surface area contributed by atoms with Crippen molar-refractivity contribution in [3.8, 4) is 5.75 Å². The zero-order chi connectivity index (χ0) is 16.1. The van der Waals surface area contributed by atoms with Crippen LogP contribution in [0, 0.1) is 23.7 Å². The molecule has 3 atom stereocenters. The number of ether oxygens (including phenoxy) is 1. The van der Waals surface area contributed by atoms with Gasteiger partial charge in [-0.3, -0.25) is 4.79 Å². The van der Waals surface area contributed by atoms with Crippen molar-refractivity contribution in [3.05, 3.63) is 24.3 Å². The van der Waals surface area contributed by atoms with Gasteiger partial charge in [-0.25, -0.2) is 0 Å². The Morgan fingerprint density at radius 2 is 1.95 bits per heavy atom. The number of carbonyl (C=O) groups excluding carboxylic acids is 1. The minimum Gasteiger partial charge on any atom is -0.494 e. The van der Waals surface area contributed by atoms with Crippen LogP contribution < -0.4 is 10.1 Å². The molecule has 1 aliphatic carbocycles. The summed E-state index contributed by atoms with van der Waals surface area (Å²) in [4.78, 5) is 12.7. The third kappa shape index (κ3) is 4.25. The predicted molar refractivity (Wildman–Crippen MR) is 91.1 cm³/mol. The van der Waals surface area contributed by atoms with E-state index < -0.39 is 0 Å². The molecule has 3 heteroatoms. The first-order valence-electron chi connectivity index (χ1n) is 8.55. The molecule has 1 aromatic carbocycles. The fraction of sp³-hybridized carbons (Fsp3) is 0.632. The molecule has 0 unspecified atom stereocenters. The standard InChI is InChI=1S/C19H29NO2/c1-5-22-16-9-7-15(8-10-16)20-19(21)18-12-14(4)6-11-17(18)13(2)3/h7-10,13-14,17-18H,5-6,11-12H2,1-4H3,(H,20,21)/t14-,17+,18-/m1/s1. The second kappa shape index (κ2) is 7.66. The molecule has 0 aromatic heterocycles. The van der Waals surface area contributed by atoms with Crippen LogP contribution in [-0.2, 0) is 4.79 Å². The van der Waals surface area contributed by atoms with Crippen LogP contribution in [-0.4, -0.2) is 12.5 Å². The number of nitrogens with one attached hydrogen (secondary N) is 1. The topological polar surface area (TPSA) is 38.3 Å². The van der Waals surface area contributed by atoms with Crippen LogP contribution in [0.1, 0.15) is 47.0 Å². The fourth-order valence-electron chi connectivity index (χ4n) is 3.54. The first kappa shape index (κ1) is 16.9. The first-order chi connectivity index (χ1) is 10.5. The maximum Gasteiger partial charge on any atom is 0.227 e. The van der Waals surface area contributed by atoms with Gasteiger partial charge in [-0.15, -0.1) is 0 Å². The Balaban J connectivity index is 2.02. The van der Waals surface area contributed by atoms with E-state index in [9.17, 15) is 4.79 Å². The van der Waals surface area contributed by atoms with Gasteiger partial charge >= 0.3 is 0 Å². The molecule has 3 nitrogen and oxygen atoms in total. The van der Waals surface area contributed by atoms with E-state index in [4.69, 9.17) is 4.74 Å². The molecule has 0 aliphatic heterocycles. The minimum atomic E-state index is 0.135. The lowest BCUT2D eigenvalue weighted by Crippen LogP contribution is -2.36. The second-order valence-corrected chi connectivity index (χ2v) is 6.88. The minimum absolute atomic E-state index is 0.135. The maximum absolute atomic E-state index is 12.7. The van der Waals surface area contributed by atoms with Crippen LogP contribution in [0.2, 0.25) is 0 Å². The predicted octanol–water partition coefficient (Wildman–Crippen LogP) is 4.73. The number of hydrogen-bond donors (Lipinski definition) is 1. The highest BCUT2D eigenvalue weighted by molar-refractivity contribution is 5.92. The van der Waals surface area contributed by atoms with Crippen LogP contribution in [0.25, 0.3) is 0 Å². The van der Waals surface area contributed by atoms with Crippen molar-refractivity contribution in [2.24, 2.45) is 23.7 Å². The maximum atomic E-state index is 12.7. The van der Waals surface area contributed by atoms with E-state index in [1.54, 1.807) is 0 Å². The smallest absolute Gasteiger partial charge is 0.227 e. The van der Waals surface area contributed by atoms with Crippen molar-refractivity contribution in [2.45, 2.75) is 47.0 Å². The number of anilines is 1. The van der Waals surface area contributed by atoms with E-state index in [0.29, 0.717) is 24.4 Å². The number of benzene rings is 1. The molecular formula is C19H29NO2. The number of carbonyl (C=O) groups is 1. The zero-order valence-electron chi connectivity index (χ0n) is 14.3. The zero-order valence-corrected chi connectivity index (χ0v) is 14.3. The van der Waals surface area contributed by atoms with Gasteiger partial charge in [0.1, 0.15) is 5.75 Å². The average Bonchev–Trinajstić information content (AvgIpc) is 2.49. The van der Waals surface area contributed by atoms with Crippen molar-refractivity contribution in [1.82, 2.24) is 0 Å². The summed E-state index contributed by atoms with van der Waals surface area (Å²) in [6, 6.07) is 7.64. The molecule has 1 fully saturated rings.